The number of ether oxygens (including phenoxy) is 1. The molecule has 5 nitrogen and oxygen atoms in total. The summed E-state index contributed by atoms with van der Waals surface area (Å²) in [6.07, 6.45) is 4.98. The number of aliphatic imine (C=N–C) groups is 1. The van der Waals surface area contributed by atoms with Crippen LogP contribution in [0.5, 0.6) is 0 Å². The third-order valence-electron chi connectivity index (χ3n) is 2.30. The standard InChI is InChI=1S/C13H21N3O2/c1-6-10(2)15-11-9-16(8-7-14-11)12(17)18-13(3,4)5/h1,10H,7-9H2,2-5H3,(H,14,15). The van der Waals surface area contributed by atoms with E-state index in [0.717, 1.165) is 5.84 Å². The first-order valence-electron chi connectivity index (χ1n) is 6.06. The number of hydrogen-bond acceptors (Lipinski definition) is 4. The first kappa shape index (κ1) is 14.4. The number of amidine groups is 1. The molecule has 5 heteroatoms. The fraction of sp³-hybridized carbons (Fsp3) is 0.692. The Bertz CT molecular complexity index is 377. The SMILES string of the molecule is C#CC(C)NC1=NCCN(C(=O)OC(C)(C)C)C1. The molecule has 1 unspecified atom stereocenters. The van der Waals surface area contributed by atoms with Gasteiger partial charge in [-0.05, 0) is 27.7 Å². The van der Waals surface area contributed by atoms with Gasteiger partial charge < -0.3 is 10.1 Å². The fourth-order valence-electron chi connectivity index (χ4n) is 1.48. The van der Waals surface area contributed by atoms with Gasteiger partial charge in [0.05, 0.1) is 19.1 Å². The normalized spacial score (nSPS) is 17.5. The van der Waals surface area contributed by atoms with Crippen LogP contribution < -0.4 is 5.32 Å². The van der Waals surface area contributed by atoms with Gasteiger partial charge in [0.25, 0.3) is 0 Å². The third-order valence-corrected chi connectivity index (χ3v) is 2.30. The van der Waals surface area contributed by atoms with Crippen molar-refractivity contribution in [3.05, 3.63) is 0 Å². The van der Waals surface area contributed by atoms with Crippen molar-refractivity contribution < 1.29 is 9.53 Å². The molecule has 0 saturated carbocycles. The van der Waals surface area contributed by atoms with Crippen LogP contribution in [0.1, 0.15) is 27.7 Å². The van der Waals surface area contributed by atoms with E-state index < -0.39 is 5.60 Å². The zero-order valence-electron chi connectivity index (χ0n) is 11.5. The molecule has 0 fully saturated rings. The summed E-state index contributed by atoms with van der Waals surface area (Å²) in [6.45, 7) is 8.98. The van der Waals surface area contributed by atoms with Crippen molar-refractivity contribution in [2.75, 3.05) is 19.6 Å². The molecule has 0 aromatic carbocycles. The van der Waals surface area contributed by atoms with Crippen LogP contribution in [0.3, 0.4) is 0 Å². The van der Waals surface area contributed by atoms with Crippen LogP contribution in [-0.2, 0) is 4.74 Å². The number of amides is 1. The van der Waals surface area contributed by atoms with Gasteiger partial charge in [0.2, 0.25) is 0 Å². The molecular formula is C13H21N3O2. The Morgan fingerprint density at radius 3 is 2.83 bits per heavy atom. The second-order valence-corrected chi connectivity index (χ2v) is 5.26. The molecule has 0 spiro atoms. The van der Waals surface area contributed by atoms with Crippen molar-refractivity contribution in [2.24, 2.45) is 4.99 Å². The Morgan fingerprint density at radius 2 is 2.28 bits per heavy atom. The minimum Gasteiger partial charge on any atom is -0.444 e. The summed E-state index contributed by atoms with van der Waals surface area (Å²) in [5.41, 5.74) is -0.481. The van der Waals surface area contributed by atoms with Gasteiger partial charge in [0.15, 0.2) is 0 Å². The lowest BCUT2D eigenvalue weighted by Crippen LogP contribution is -2.48. The van der Waals surface area contributed by atoms with E-state index in [9.17, 15) is 4.79 Å². The van der Waals surface area contributed by atoms with Gasteiger partial charge in [0, 0.05) is 6.54 Å². The average molecular weight is 251 g/mol. The van der Waals surface area contributed by atoms with Gasteiger partial charge in [0.1, 0.15) is 11.4 Å². The molecule has 1 aliphatic heterocycles. The van der Waals surface area contributed by atoms with Crippen LogP contribution in [0.4, 0.5) is 4.79 Å². The van der Waals surface area contributed by atoms with Crippen LogP contribution in [0.25, 0.3) is 0 Å². The number of nitrogens with zero attached hydrogens (tertiary/aromatic N) is 2. The maximum atomic E-state index is 11.9. The van der Waals surface area contributed by atoms with Crippen molar-refractivity contribution in [1.82, 2.24) is 10.2 Å². The van der Waals surface area contributed by atoms with Crippen LogP contribution >= 0.6 is 0 Å². The molecule has 0 aliphatic carbocycles. The number of nitrogens with one attached hydrogen (secondary N) is 1. The Balaban J connectivity index is 2.55. The number of terminal acetylenes is 1. The maximum absolute atomic E-state index is 11.9. The van der Waals surface area contributed by atoms with Gasteiger partial charge in [-0.2, -0.15) is 0 Å². The van der Waals surface area contributed by atoms with E-state index >= 15 is 0 Å². The number of hydrogen-bond donors (Lipinski definition) is 1. The Hall–Kier alpha value is -1.70. The molecule has 0 bridgehead atoms. The van der Waals surface area contributed by atoms with Crippen LogP contribution in [0.2, 0.25) is 0 Å². The first-order valence-corrected chi connectivity index (χ1v) is 6.06. The smallest absolute Gasteiger partial charge is 0.410 e. The van der Waals surface area contributed by atoms with Crippen molar-refractivity contribution >= 4 is 11.9 Å². The predicted octanol–water partition coefficient (Wildman–Crippen LogP) is 1.25. The van der Waals surface area contributed by atoms with E-state index in [4.69, 9.17) is 11.2 Å². The zero-order chi connectivity index (χ0) is 13.8. The molecule has 1 rings (SSSR count). The predicted molar refractivity (Wildman–Crippen MR) is 71.5 cm³/mol. The molecular weight excluding hydrogens is 230 g/mol. The number of rotatable bonds is 1. The monoisotopic (exact) mass is 251 g/mol. The summed E-state index contributed by atoms with van der Waals surface area (Å²) >= 11 is 0. The van der Waals surface area contributed by atoms with Crippen LogP contribution in [-0.4, -0.2) is 48.1 Å². The zero-order valence-corrected chi connectivity index (χ0v) is 11.5. The molecule has 1 amide bonds. The third kappa shape index (κ3) is 4.66. The van der Waals surface area contributed by atoms with E-state index in [1.165, 1.54) is 0 Å². The summed E-state index contributed by atoms with van der Waals surface area (Å²) in [6, 6.07) is -0.0951. The summed E-state index contributed by atoms with van der Waals surface area (Å²) in [4.78, 5) is 17.8. The lowest BCUT2D eigenvalue weighted by molar-refractivity contribution is 0.0276. The second kappa shape index (κ2) is 5.76. The second-order valence-electron chi connectivity index (χ2n) is 5.26. The highest BCUT2D eigenvalue weighted by atomic mass is 16.6. The Morgan fingerprint density at radius 1 is 1.61 bits per heavy atom. The van der Waals surface area contributed by atoms with Crippen molar-refractivity contribution in [3.8, 4) is 12.3 Å². The Kier molecular flexibility index (Phi) is 4.60. The highest BCUT2D eigenvalue weighted by Gasteiger charge is 2.25. The van der Waals surface area contributed by atoms with Gasteiger partial charge in [-0.1, -0.05) is 5.92 Å². The molecule has 0 radical (unpaired) electrons. The highest BCUT2D eigenvalue weighted by Crippen LogP contribution is 2.10. The highest BCUT2D eigenvalue weighted by molar-refractivity contribution is 5.88. The molecule has 18 heavy (non-hydrogen) atoms. The largest absolute Gasteiger partial charge is 0.444 e. The van der Waals surface area contributed by atoms with Crippen LogP contribution in [0, 0.1) is 12.3 Å². The van der Waals surface area contributed by atoms with Crippen molar-refractivity contribution in [3.63, 3.8) is 0 Å². The first-order chi connectivity index (χ1) is 8.31. The van der Waals surface area contributed by atoms with Gasteiger partial charge in [-0.3, -0.25) is 9.89 Å². The fourth-order valence-corrected chi connectivity index (χ4v) is 1.48. The van der Waals surface area contributed by atoms with Gasteiger partial charge in [-0.25, -0.2) is 4.79 Å². The molecule has 1 aliphatic rings. The Labute approximate surface area is 109 Å². The summed E-state index contributed by atoms with van der Waals surface area (Å²) in [5, 5.41) is 3.08. The molecule has 0 aromatic heterocycles. The van der Waals surface area contributed by atoms with Gasteiger partial charge >= 0.3 is 6.09 Å². The molecule has 100 valence electrons. The van der Waals surface area contributed by atoms with Crippen molar-refractivity contribution in [1.29, 1.82) is 0 Å². The van der Waals surface area contributed by atoms with E-state index in [2.05, 4.69) is 16.2 Å². The number of carbonyl (C=O) groups is 1. The summed E-state index contributed by atoms with van der Waals surface area (Å²) in [7, 11) is 0. The van der Waals surface area contributed by atoms with Crippen LogP contribution in [0.15, 0.2) is 4.99 Å². The summed E-state index contributed by atoms with van der Waals surface area (Å²) in [5.74, 6) is 3.30. The number of carbonyl (C=O) groups excluding carboxylic acids is 1. The molecule has 1 N–H and O–H groups in total. The summed E-state index contributed by atoms with van der Waals surface area (Å²) < 4.78 is 5.32. The molecule has 1 heterocycles. The van der Waals surface area contributed by atoms with E-state index in [1.807, 2.05) is 27.7 Å². The molecule has 0 aromatic rings. The molecule has 1 atom stereocenters. The molecule has 0 saturated heterocycles. The quantitative estimate of drug-likeness (QED) is 0.714. The van der Waals surface area contributed by atoms with E-state index in [1.54, 1.807) is 4.90 Å². The minimum atomic E-state index is -0.481. The van der Waals surface area contributed by atoms with Crippen molar-refractivity contribution in [2.45, 2.75) is 39.3 Å². The van der Waals surface area contributed by atoms with Gasteiger partial charge in [-0.15, -0.1) is 6.42 Å². The lowest BCUT2D eigenvalue weighted by Gasteiger charge is -2.30. The van der Waals surface area contributed by atoms with E-state index in [-0.39, 0.29) is 12.1 Å². The minimum absolute atomic E-state index is 0.0951. The lowest BCUT2D eigenvalue weighted by atomic mass is 10.2. The average Bonchev–Trinajstić information content (AvgIpc) is 2.27. The topological polar surface area (TPSA) is 53.9 Å². The van der Waals surface area contributed by atoms with E-state index in [0.29, 0.717) is 19.6 Å². The maximum Gasteiger partial charge on any atom is 0.410 e.